The summed E-state index contributed by atoms with van der Waals surface area (Å²) in [6, 6.07) is 9.47. The van der Waals surface area contributed by atoms with Gasteiger partial charge in [0, 0.05) is 43.8 Å². The second-order valence-electron chi connectivity index (χ2n) is 7.86. The van der Waals surface area contributed by atoms with Gasteiger partial charge >= 0.3 is 10.1 Å². The quantitative estimate of drug-likeness (QED) is 0.280. The first-order chi connectivity index (χ1) is 15.4. The molecule has 1 aromatic carbocycles. The summed E-state index contributed by atoms with van der Waals surface area (Å²) in [5, 5.41) is 9.58. The summed E-state index contributed by atoms with van der Waals surface area (Å²) in [6.07, 6.45) is 7.49. The van der Waals surface area contributed by atoms with Gasteiger partial charge in [-0.3, -0.25) is 4.98 Å². The number of thioether (sulfide) groups is 1. The Balaban J connectivity index is 1.26. The molecule has 0 radical (unpaired) electrons. The van der Waals surface area contributed by atoms with Crippen molar-refractivity contribution >= 4 is 21.9 Å². The molecular weight excluding hydrogens is 446 g/mol. The molecule has 3 heterocycles. The van der Waals surface area contributed by atoms with Crippen LogP contribution in [0.1, 0.15) is 17.5 Å². The van der Waals surface area contributed by atoms with Gasteiger partial charge in [-0.1, -0.05) is 17.8 Å². The van der Waals surface area contributed by atoms with Crippen LogP contribution in [0.4, 0.5) is 0 Å². The van der Waals surface area contributed by atoms with E-state index in [2.05, 4.69) is 20.1 Å². The summed E-state index contributed by atoms with van der Waals surface area (Å²) in [4.78, 5) is 6.52. The van der Waals surface area contributed by atoms with Crippen molar-refractivity contribution < 1.29 is 12.6 Å². The predicted molar refractivity (Wildman–Crippen MR) is 125 cm³/mol. The van der Waals surface area contributed by atoms with Crippen molar-refractivity contribution in [2.45, 2.75) is 24.4 Å². The molecule has 0 saturated heterocycles. The van der Waals surface area contributed by atoms with Gasteiger partial charge in [0.15, 0.2) is 11.0 Å². The lowest BCUT2D eigenvalue weighted by molar-refractivity contribution is 0.289. The Labute approximate surface area is 193 Å². The molecule has 8 nitrogen and oxygen atoms in total. The lowest BCUT2D eigenvalue weighted by Crippen LogP contribution is -2.27. The molecule has 1 aliphatic rings. The molecule has 0 amide bonds. The topological polar surface area (TPSA) is 90.2 Å². The van der Waals surface area contributed by atoms with Crippen LogP contribution in [0, 0.1) is 0 Å². The van der Waals surface area contributed by atoms with Gasteiger partial charge in [-0.15, -0.1) is 10.2 Å². The Hall–Kier alpha value is -2.43. The van der Waals surface area contributed by atoms with Gasteiger partial charge in [-0.05, 0) is 61.2 Å². The molecule has 3 aromatic rings. The van der Waals surface area contributed by atoms with Crippen LogP contribution in [0.2, 0.25) is 0 Å². The van der Waals surface area contributed by atoms with Crippen molar-refractivity contribution in [3.8, 4) is 17.1 Å². The van der Waals surface area contributed by atoms with Crippen LogP contribution in [0.25, 0.3) is 11.4 Å². The highest BCUT2D eigenvalue weighted by Crippen LogP contribution is 2.24. The first-order valence-electron chi connectivity index (χ1n) is 10.6. The van der Waals surface area contributed by atoms with E-state index in [4.69, 9.17) is 4.18 Å². The Kier molecular flexibility index (Phi) is 7.12. The summed E-state index contributed by atoms with van der Waals surface area (Å²) >= 11 is 1.72. The zero-order chi connectivity index (χ0) is 22.6. The third-order valence-electron chi connectivity index (χ3n) is 5.44. The highest BCUT2D eigenvalue weighted by Gasteiger charge is 2.16. The second kappa shape index (κ2) is 10.0. The molecule has 0 fully saturated rings. The highest BCUT2D eigenvalue weighted by atomic mass is 32.2. The van der Waals surface area contributed by atoms with E-state index in [1.165, 1.54) is 11.1 Å². The van der Waals surface area contributed by atoms with E-state index in [0.29, 0.717) is 5.75 Å². The number of pyridine rings is 1. The third kappa shape index (κ3) is 5.87. The van der Waals surface area contributed by atoms with E-state index in [1.54, 1.807) is 30.2 Å². The van der Waals surface area contributed by atoms with Gasteiger partial charge in [-0.25, -0.2) is 0 Å². The fourth-order valence-electron chi connectivity index (χ4n) is 3.84. The number of fused-ring (bicyclic) bond motifs is 1. The standard InChI is InChI=1S/C22H27N5O3S2/c1-26-21(18-6-10-23-11-7-18)24-25-22(26)31-15-3-12-27-13-8-17-4-5-20(30-32(2,28)29)16-19(17)9-14-27/h4-7,10-11,16H,3,8-9,12-15H2,1-2H3. The Morgan fingerprint density at radius 2 is 1.81 bits per heavy atom. The summed E-state index contributed by atoms with van der Waals surface area (Å²) in [5.74, 6) is 2.21. The van der Waals surface area contributed by atoms with Gasteiger partial charge in [0.2, 0.25) is 0 Å². The third-order valence-corrected chi connectivity index (χ3v) is 7.05. The minimum absolute atomic E-state index is 0.394. The minimum Gasteiger partial charge on any atom is -0.383 e. The second-order valence-corrected chi connectivity index (χ2v) is 10.5. The van der Waals surface area contributed by atoms with Crippen LogP contribution >= 0.6 is 11.8 Å². The number of aromatic nitrogens is 4. The van der Waals surface area contributed by atoms with Crippen molar-refractivity contribution in [1.29, 1.82) is 0 Å². The predicted octanol–water partition coefficient (Wildman–Crippen LogP) is 2.80. The molecule has 170 valence electrons. The first kappa shape index (κ1) is 22.8. The number of nitrogens with zero attached hydrogens (tertiary/aromatic N) is 5. The van der Waals surface area contributed by atoms with Crippen molar-refractivity contribution in [2.75, 3.05) is 31.6 Å². The maximum atomic E-state index is 11.4. The lowest BCUT2D eigenvalue weighted by atomic mass is 10.0. The highest BCUT2D eigenvalue weighted by molar-refractivity contribution is 7.99. The Bertz CT molecular complexity index is 1170. The van der Waals surface area contributed by atoms with Crippen LogP contribution in [0.5, 0.6) is 5.75 Å². The van der Waals surface area contributed by atoms with E-state index >= 15 is 0 Å². The maximum absolute atomic E-state index is 11.4. The molecule has 0 saturated carbocycles. The molecule has 4 rings (SSSR count). The molecular formula is C22H27N5O3S2. The van der Waals surface area contributed by atoms with Crippen LogP contribution in [-0.4, -0.2) is 64.7 Å². The zero-order valence-corrected chi connectivity index (χ0v) is 19.9. The average molecular weight is 474 g/mol. The van der Waals surface area contributed by atoms with Crippen molar-refractivity contribution in [3.63, 3.8) is 0 Å². The summed E-state index contributed by atoms with van der Waals surface area (Å²) in [5.41, 5.74) is 3.45. The number of hydrogen-bond donors (Lipinski definition) is 0. The van der Waals surface area contributed by atoms with E-state index < -0.39 is 10.1 Å². The van der Waals surface area contributed by atoms with Crippen LogP contribution in [0.3, 0.4) is 0 Å². The SMILES string of the molecule is Cn1c(SCCCN2CCc3ccc(OS(C)(=O)=O)cc3CC2)nnc1-c1ccncc1. The van der Waals surface area contributed by atoms with Gasteiger partial charge in [0.05, 0.1) is 6.26 Å². The Morgan fingerprint density at radius 1 is 1.06 bits per heavy atom. The fraction of sp³-hybridized carbons (Fsp3) is 0.409. The van der Waals surface area contributed by atoms with E-state index in [0.717, 1.165) is 67.4 Å². The normalized spacial score (nSPS) is 14.7. The summed E-state index contributed by atoms with van der Waals surface area (Å²) < 4.78 is 29.8. The lowest BCUT2D eigenvalue weighted by Gasteiger charge is -2.19. The van der Waals surface area contributed by atoms with Gasteiger partial charge in [0.1, 0.15) is 5.75 Å². The van der Waals surface area contributed by atoms with Gasteiger partial charge < -0.3 is 13.7 Å². The summed E-state index contributed by atoms with van der Waals surface area (Å²) in [6.45, 7) is 2.97. The average Bonchev–Trinajstić information content (AvgIpc) is 3.00. The zero-order valence-electron chi connectivity index (χ0n) is 18.3. The molecule has 10 heteroatoms. The van der Waals surface area contributed by atoms with E-state index in [-0.39, 0.29) is 0 Å². The molecule has 0 bridgehead atoms. The molecule has 2 aromatic heterocycles. The Morgan fingerprint density at radius 3 is 2.56 bits per heavy atom. The molecule has 0 atom stereocenters. The smallest absolute Gasteiger partial charge is 0.306 e. The maximum Gasteiger partial charge on any atom is 0.306 e. The van der Waals surface area contributed by atoms with E-state index in [1.807, 2.05) is 35.9 Å². The van der Waals surface area contributed by atoms with Crippen molar-refractivity contribution in [2.24, 2.45) is 7.05 Å². The van der Waals surface area contributed by atoms with Crippen LogP contribution in [-0.2, 0) is 30.0 Å². The molecule has 0 aliphatic carbocycles. The number of hydrogen-bond acceptors (Lipinski definition) is 8. The number of rotatable bonds is 8. The molecule has 0 N–H and O–H groups in total. The van der Waals surface area contributed by atoms with E-state index in [9.17, 15) is 8.42 Å². The summed E-state index contributed by atoms with van der Waals surface area (Å²) in [7, 11) is -1.51. The monoisotopic (exact) mass is 473 g/mol. The van der Waals surface area contributed by atoms with Gasteiger partial charge in [-0.2, -0.15) is 8.42 Å². The van der Waals surface area contributed by atoms with Crippen molar-refractivity contribution in [3.05, 3.63) is 53.9 Å². The molecule has 1 aliphatic heterocycles. The van der Waals surface area contributed by atoms with Gasteiger partial charge in [0.25, 0.3) is 0 Å². The molecule has 32 heavy (non-hydrogen) atoms. The molecule has 0 spiro atoms. The fourth-order valence-corrected chi connectivity index (χ4v) is 5.13. The molecule has 0 unspecified atom stereocenters. The van der Waals surface area contributed by atoms with Crippen LogP contribution in [0.15, 0.2) is 47.9 Å². The number of benzene rings is 1. The van der Waals surface area contributed by atoms with Crippen LogP contribution < -0.4 is 4.18 Å². The minimum atomic E-state index is -3.51. The largest absolute Gasteiger partial charge is 0.383 e. The first-order valence-corrected chi connectivity index (χ1v) is 13.4. The van der Waals surface area contributed by atoms with Crippen molar-refractivity contribution in [1.82, 2.24) is 24.6 Å².